The van der Waals surface area contributed by atoms with Gasteiger partial charge in [0.15, 0.2) is 5.03 Å². The molecule has 0 unspecified atom stereocenters. The van der Waals surface area contributed by atoms with E-state index < -0.39 is 16.1 Å². The molecule has 3 aliphatic rings. The summed E-state index contributed by atoms with van der Waals surface area (Å²) in [7, 11) is -2.32. The third kappa shape index (κ3) is 3.50. The molecule has 30 heavy (non-hydrogen) atoms. The minimum atomic E-state index is -4.05. The Labute approximate surface area is 176 Å². The largest absolute Gasteiger partial charge is 0.333 e. The summed E-state index contributed by atoms with van der Waals surface area (Å²) in [6.45, 7) is 2.69. The number of hydrogen-bond acceptors (Lipinski definition) is 5. The van der Waals surface area contributed by atoms with Crippen LogP contribution in [0.3, 0.4) is 0 Å². The van der Waals surface area contributed by atoms with Gasteiger partial charge in [0.1, 0.15) is 0 Å². The quantitative estimate of drug-likeness (QED) is 0.759. The number of amides is 2. The van der Waals surface area contributed by atoms with Gasteiger partial charge in [0, 0.05) is 25.3 Å². The highest BCUT2D eigenvalue weighted by Crippen LogP contribution is 2.38. The molecule has 0 spiro atoms. The number of nitrogens with zero attached hydrogens (tertiary/aromatic N) is 3. The van der Waals surface area contributed by atoms with Gasteiger partial charge in [-0.25, -0.2) is 9.52 Å². The molecule has 1 aliphatic heterocycles. The van der Waals surface area contributed by atoms with E-state index in [1.54, 1.807) is 17.8 Å². The number of rotatable bonds is 5. The van der Waals surface area contributed by atoms with Crippen molar-refractivity contribution in [1.29, 1.82) is 0 Å². The van der Waals surface area contributed by atoms with Crippen molar-refractivity contribution in [2.75, 3.05) is 18.4 Å². The highest BCUT2D eigenvalue weighted by Gasteiger charge is 2.28. The third-order valence-electron chi connectivity index (χ3n) is 6.50. The summed E-state index contributed by atoms with van der Waals surface area (Å²) in [5, 5.41) is 6.87. The number of likely N-dealkylation sites (tertiary alicyclic amines) is 1. The maximum absolute atomic E-state index is 12.8. The molecular formula is C21H27N5O3S. The van der Waals surface area contributed by atoms with Crippen molar-refractivity contribution in [3.8, 4) is 0 Å². The monoisotopic (exact) mass is 429 g/mol. The topological polar surface area (TPSA) is 96.3 Å². The molecule has 9 heteroatoms. The normalized spacial score (nSPS) is 18.0. The first-order valence-electron chi connectivity index (χ1n) is 10.7. The molecule has 2 heterocycles. The number of anilines is 1. The fourth-order valence-electron chi connectivity index (χ4n) is 4.81. The Morgan fingerprint density at radius 1 is 1.03 bits per heavy atom. The van der Waals surface area contributed by atoms with E-state index in [2.05, 4.69) is 26.1 Å². The van der Waals surface area contributed by atoms with Crippen LogP contribution in [0.15, 0.2) is 17.2 Å². The summed E-state index contributed by atoms with van der Waals surface area (Å²) >= 11 is 0. The van der Waals surface area contributed by atoms with Crippen LogP contribution in [0.25, 0.3) is 0 Å². The first kappa shape index (κ1) is 19.6. The Morgan fingerprint density at radius 2 is 1.70 bits per heavy atom. The van der Waals surface area contributed by atoms with Crippen LogP contribution in [-0.4, -0.2) is 42.2 Å². The van der Waals surface area contributed by atoms with Crippen LogP contribution in [0.1, 0.15) is 47.2 Å². The van der Waals surface area contributed by atoms with Gasteiger partial charge in [-0.05, 0) is 80.3 Å². The average Bonchev–Trinajstić information content (AvgIpc) is 3.37. The zero-order valence-corrected chi connectivity index (χ0v) is 18.0. The molecule has 0 bridgehead atoms. The van der Waals surface area contributed by atoms with Crippen molar-refractivity contribution >= 4 is 21.7 Å². The van der Waals surface area contributed by atoms with Crippen LogP contribution < -0.4 is 10.0 Å². The van der Waals surface area contributed by atoms with Crippen LogP contribution >= 0.6 is 0 Å². The second kappa shape index (κ2) is 7.39. The summed E-state index contributed by atoms with van der Waals surface area (Å²) in [5.41, 5.74) is 6.54. The van der Waals surface area contributed by atoms with Crippen molar-refractivity contribution in [2.45, 2.75) is 56.5 Å². The molecule has 0 radical (unpaired) electrons. The lowest BCUT2D eigenvalue weighted by molar-refractivity contribution is 0.168. The number of fused-ring (bicyclic) bond motifs is 2. The summed E-state index contributed by atoms with van der Waals surface area (Å²) in [6.07, 6.45) is 7.19. The summed E-state index contributed by atoms with van der Waals surface area (Å²) in [6, 6.07) is 3.10. The zero-order chi connectivity index (χ0) is 20.9. The summed E-state index contributed by atoms with van der Waals surface area (Å²) in [4.78, 5) is 14.9. The maximum Gasteiger partial charge on any atom is 0.333 e. The Kier molecular flexibility index (Phi) is 4.82. The number of nitrogens with one attached hydrogen (secondary N) is 2. The van der Waals surface area contributed by atoms with Gasteiger partial charge in [0.25, 0.3) is 10.0 Å². The van der Waals surface area contributed by atoms with E-state index in [1.807, 2.05) is 0 Å². The van der Waals surface area contributed by atoms with Crippen LogP contribution in [0.2, 0.25) is 0 Å². The molecule has 1 saturated heterocycles. The number of carbonyl (C=O) groups is 1. The standard InChI is InChI=1S/C21H27N5O3S/c1-25-16(13-26-9-4-10-26)12-19(23-25)30(28,29)24-21(27)22-20-17-7-2-5-14(17)11-15-6-3-8-18(15)20/h11-12H,2-10,13H2,1H3,(H2,22,24,27). The molecule has 0 saturated carbocycles. The number of hydrogen-bond donors (Lipinski definition) is 2. The predicted octanol–water partition coefficient (Wildman–Crippen LogP) is 2.11. The lowest BCUT2D eigenvalue weighted by Gasteiger charge is -2.30. The lowest BCUT2D eigenvalue weighted by atomic mass is 9.99. The predicted molar refractivity (Wildman–Crippen MR) is 113 cm³/mol. The molecule has 2 amide bonds. The Morgan fingerprint density at radius 3 is 2.30 bits per heavy atom. The molecule has 8 nitrogen and oxygen atoms in total. The van der Waals surface area contributed by atoms with Crippen molar-refractivity contribution < 1.29 is 13.2 Å². The van der Waals surface area contributed by atoms with Gasteiger partial charge in [-0.3, -0.25) is 9.58 Å². The molecule has 2 aliphatic carbocycles. The number of aryl methyl sites for hydroxylation is 3. The minimum Gasteiger partial charge on any atom is -0.307 e. The summed E-state index contributed by atoms with van der Waals surface area (Å²) < 4.78 is 29.3. The molecule has 1 aromatic heterocycles. The van der Waals surface area contributed by atoms with Crippen molar-refractivity contribution in [2.24, 2.45) is 7.05 Å². The third-order valence-corrected chi connectivity index (χ3v) is 7.71. The number of sulfonamides is 1. The Balaban J connectivity index is 1.34. The lowest BCUT2D eigenvalue weighted by Crippen LogP contribution is -2.36. The van der Waals surface area contributed by atoms with E-state index >= 15 is 0 Å². The second-order valence-corrected chi connectivity index (χ2v) is 10.2. The van der Waals surface area contributed by atoms with Crippen LogP contribution in [-0.2, 0) is 49.3 Å². The molecule has 2 aromatic rings. The van der Waals surface area contributed by atoms with E-state index in [0.717, 1.165) is 80.5 Å². The van der Waals surface area contributed by atoms with E-state index in [-0.39, 0.29) is 5.03 Å². The SMILES string of the molecule is Cn1nc(S(=O)(=O)NC(=O)Nc2c3c(cc4c2CCC4)CCC3)cc1CN1CCC1. The average molecular weight is 430 g/mol. The number of benzene rings is 1. The number of urea groups is 1. The number of carbonyl (C=O) groups excluding carboxylic acids is 1. The molecule has 1 fully saturated rings. The second-order valence-electron chi connectivity index (χ2n) is 8.52. The first-order chi connectivity index (χ1) is 14.4. The molecule has 5 rings (SSSR count). The molecule has 1 aromatic carbocycles. The Hall–Kier alpha value is -2.39. The van der Waals surface area contributed by atoms with E-state index in [1.165, 1.54) is 11.1 Å². The molecule has 160 valence electrons. The van der Waals surface area contributed by atoms with Gasteiger partial charge < -0.3 is 5.32 Å². The summed E-state index contributed by atoms with van der Waals surface area (Å²) in [5.74, 6) is 0. The van der Waals surface area contributed by atoms with Gasteiger partial charge in [-0.15, -0.1) is 0 Å². The molecular weight excluding hydrogens is 402 g/mol. The van der Waals surface area contributed by atoms with Crippen molar-refractivity contribution in [3.63, 3.8) is 0 Å². The van der Waals surface area contributed by atoms with Gasteiger partial charge >= 0.3 is 6.03 Å². The van der Waals surface area contributed by atoms with E-state index in [4.69, 9.17) is 0 Å². The molecule has 0 atom stereocenters. The Bertz CT molecular complexity index is 1090. The fourth-order valence-corrected chi connectivity index (χ4v) is 5.73. The fraction of sp³-hybridized carbons (Fsp3) is 0.524. The minimum absolute atomic E-state index is 0.126. The van der Waals surface area contributed by atoms with Crippen LogP contribution in [0.4, 0.5) is 10.5 Å². The highest BCUT2D eigenvalue weighted by atomic mass is 32.2. The van der Waals surface area contributed by atoms with E-state index in [0.29, 0.717) is 6.54 Å². The zero-order valence-electron chi connectivity index (χ0n) is 17.2. The van der Waals surface area contributed by atoms with Gasteiger partial charge in [0.05, 0.1) is 5.69 Å². The van der Waals surface area contributed by atoms with Crippen molar-refractivity contribution in [1.82, 2.24) is 19.4 Å². The van der Waals surface area contributed by atoms with Crippen LogP contribution in [0, 0.1) is 0 Å². The van der Waals surface area contributed by atoms with Gasteiger partial charge in [-0.2, -0.15) is 13.5 Å². The van der Waals surface area contributed by atoms with Gasteiger partial charge in [0.2, 0.25) is 0 Å². The molecule has 2 N–H and O–H groups in total. The van der Waals surface area contributed by atoms with Crippen LogP contribution in [0.5, 0.6) is 0 Å². The van der Waals surface area contributed by atoms with Crippen molar-refractivity contribution in [3.05, 3.63) is 40.1 Å². The first-order valence-corrected chi connectivity index (χ1v) is 12.1. The van der Waals surface area contributed by atoms with Gasteiger partial charge in [-0.1, -0.05) is 6.07 Å². The number of aromatic nitrogens is 2. The smallest absolute Gasteiger partial charge is 0.307 e. The maximum atomic E-state index is 12.8. The van der Waals surface area contributed by atoms with E-state index in [9.17, 15) is 13.2 Å². The highest BCUT2D eigenvalue weighted by molar-refractivity contribution is 7.90.